The van der Waals surface area contributed by atoms with Gasteiger partial charge in [-0.05, 0) is 46.5 Å². The van der Waals surface area contributed by atoms with E-state index in [9.17, 15) is 14.5 Å². The molecular formula is C18H28N7O5P. The van der Waals surface area contributed by atoms with Gasteiger partial charge in [-0.2, -0.15) is 0 Å². The first-order chi connectivity index (χ1) is 14.6. The van der Waals surface area contributed by atoms with Crippen LogP contribution in [0.5, 0.6) is 0 Å². The molecule has 0 radical (unpaired) electrons. The minimum atomic E-state index is -3.76. The number of rotatable bonds is 10. The van der Waals surface area contributed by atoms with E-state index in [2.05, 4.69) is 25.2 Å². The Morgan fingerprint density at radius 3 is 2.77 bits per heavy atom. The number of hydrogen-bond acceptors (Lipinski definition) is 9. The van der Waals surface area contributed by atoms with E-state index >= 15 is 0 Å². The number of aromatic nitrogens is 4. The van der Waals surface area contributed by atoms with Crippen LogP contribution in [0.1, 0.15) is 46.5 Å². The highest BCUT2D eigenvalue weighted by Gasteiger charge is 2.38. The van der Waals surface area contributed by atoms with E-state index in [0.29, 0.717) is 17.7 Å². The molecule has 0 aliphatic heterocycles. The number of imidazole rings is 1. The van der Waals surface area contributed by atoms with Crippen LogP contribution in [0.15, 0.2) is 17.8 Å². The summed E-state index contributed by atoms with van der Waals surface area (Å²) in [5.41, 5.74) is 6.16. The van der Waals surface area contributed by atoms with Crippen molar-refractivity contribution in [2.75, 3.05) is 12.1 Å². The second-order valence-corrected chi connectivity index (χ2v) is 10.1. The lowest BCUT2D eigenvalue weighted by molar-refractivity contribution is -0.142. The normalized spacial score (nSPS) is 17.5. The molecule has 2 heterocycles. The third-order valence-electron chi connectivity index (χ3n) is 4.88. The highest BCUT2D eigenvalue weighted by atomic mass is 31.2. The van der Waals surface area contributed by atoms with Gasteiger partial charge < -0.3 is 24.8 Å². The molecule has 0 amide bonds. The van der Waals surface area contributed by atoms with Gasteiger partial charge >= 0.3 is 13.5 Å². The van der Waals surface area contributed by atoms with Crippen LogP contribution in [0.4, 0.5) is 5.82 Å². The van der Waals surface area contributed by atoms with Crippen LogP contribution in [0.2, 0.25) is 0 Å². The van der Waals surface area contributed by atoms with Crippen LogP contribution in [-0.2, 0) is 25.3 Å². The van der Waals surface area contributed by atoms with Gasteiger partial charge in [-0.3, -0.25) is 9.36 Å². The first kappa shape index (κ1) is 23.1. The summed E-state index contributed by atoms with van der Waals surface area (Å²) in [6.07, 6.45) is 5.70. The molecule has 2 aromatic rings. The Bertz CT molecular complexity index is 1010. The number of hydrogen-bond donors (Lipinski definition) is 3. The fourth-order valence-electron chi connectivity index (χ4n) is 3.14. The van der Waals surface area contributed by atoms with Gasteiger partial charge in [0.2, 0.25) is 0 Å². The quantitative estimate of drug-likeness (QED) is 0.359. The van der Waals surface area contributed by atoms with Gasteiger partial charge in [-0.1, -0.05) is 5.16 Å². The van der Waals surface area contributed by atoms with E-state index in [4.69, 9.17) is 15.1 Å². The number of fused-ring (bicyclic) bond motifs is 1. The Morgan fingerprint density at radius 1 is 1.39 bits per heavy atom. The minimum absolute atomic E-state index is 0.279. The monoisotopic (exact) mass is 453 g/mol. The maximum Gasteiger partial charge on any atom is 0.365 e. The standard InChI is InChI=1S/C18H28N7O5P/c1-12(8-25-10-22-14-15(19)20-9-21-16(14)25)29-11-31(28,24-18(2,3)17(26)27)30-23-13-6-4-5-7-13/h9-10,12H,4-8,11H2,1-3H3,(H,24,28)(H,26,27)(H2,19,20,21)/t12-,31?/m1/s1. The lowest BCUT2D eigenvalue weighted by Crippen LogP contribution is -2.45. The lowest BCUT2D eigenvalue weighted by Gasteiger charge is -2.27. The van der Waals surface area contributed by atoms with Gasteiger partial charge in [0.1, 0.15) is 23.7 Å². The molecule has 3 rings (SSSR count). The molecule has 13 heteroatoms. The maximum atomic E-state index is 13.4. The third kappa shape index (κ3) is 5.78. The Kier molecular flexibility index (Phi) is 6.93. The van der Waals surface area contributed by atoms with Gasteiger partial charge in [0.25, 0.3) is 0 Å². The number of anilines is 1. The van der Waals surface area contributed by atoms with E-state index in [1.165, 1.54) is 20.2 Å². The van der Waals surface area contributed by atoms with Crippen LogP contribution >= 0.6 is 7.52 Å². The summed E-state index contributed by atoms with van der Waals surface area (Å²) in [7, 11) is -3.76. The Hall–Kier alpha value is -2.56. The molecule has 0 saturated heterocycles. The van der Waals surface area contributed by atoms with E-state index in [0.717, 1.165) is 31.4 Å². The highest BCUT2D eigenvalue weighted by molar-refractivity contribution is 7.56. The Morgan fingerprint density at radius 2 is 2.10 bits per heavy atom. The average molecular weight is 453 g/mol. The third-order valence-corrected chi connectivity index (χ3v) is 6.61. The van der Waals surface area contributed by atoms with Crippen LogP contribution in [0, 0.1) is 0 Å². The molecule has 12 nitrogen and oxygen atoms in total. The van der Waals surface area contributed by atoms with Crippen molar-refractivity contribution in [1.29, 1.82) is 0 Å². The van der Waals surface area contributed by atoms with Gasteiger partial charge in [0.15, 0.2) is 11.5 Å². The molecule has 1 fully saturated rings. The lowest BCUT2D eigenvalue weighted by atomic mass is 10.1. The van der Waals surface area contributed by atoms with Crippen molar-refractivity contribution in [1.82, 2.24) is 24.6 Å². The van der Waals surface area contributed by atoms with Crippen molar-refractivity contribution < 1.29 is 23.8 Å². The number of carboxylic acids is 1. The zero-order valence-electron chi connectivity index (χ0n) is 17.8. The molecule has 0 bridgehead atoms. The van der Waals surface area contributed by atoms with Gasteiger partial charge in [0.05, 0.1) is 24.7 Å². The van der Waals surface area contributed by atoms with E-state index in [1.807, 2.05) is 0 Å². The summed E-state index contributed by atoms with van der Waals surface area (Å²) >= 11 is 0. The fourth-order valence-corrected chi connectivity index (χ4v) is 4.93. The summed E-state index contributed by atoms with van der Waals surface area (Å²) in [4.78, 5) is 23.8. The number of oxime groups is 1. The molecule has 2 aromatic heterocycles. The van der Waals surface area contributed by atoms with Crippen molar-refractivity contribution in [2.45, 2.75) is 64.6 Å². The SMILES string of the molecule is C[C@H](Cn1cnc2c(N)ncnc21)OCP(=O)(NC(C)(C)C(=O)O)ON=C1CCCC1. The Labute approximate surface area is 179 Å². The van der Waals surface area contributed by atoms with Crippen LogP contribution in [0.25, 0.3) is 11.2 Å². The van der Waals surface area contributed by atoms with E-state index in [-0.39, 0.29) is 12.2 Å². The van der Waals surface area contributed by atoms with Crippen molar-refractivity contribution in [2.24, 2.45) is 5.16 Å². The molecule has 4 N–H and O–H groups in total. The van der Waals surface area contributed by atoms with Crippen LogP contribution < -0.4 is 10.8 Å². The van der Waals surface area contributed by atoms with Crippen molar-refractivity contribution >= 4 is 36.2 Å². The van der Waals surface area contributed by atoms with E-state index < -0.39 is 25.1 Å². The first-order valence-corrected chi connectivity index (χ1v) is 11.8. The zero-order chi connectivity index (χ0) is 22.6. The molecule has 170 valence electrons. The van der Waals surface area contributed by atoms with Crippen molar-refractivity contribution in [3.05, 3.63) is 12.7 Å². The summed E-state index contributed by atoms with van der Waals surface area (Å²) in [6, 6.07) is 0. The van der Waals surface area contributed by atoms with Crippen molar-refractivity contribution in [3.8, 4) is 0 Å². The number of ether oxygens (including phenoxy) is 1. The molecule has 2 atom stereocenters. The van der Waals surface area contributed by atoms with Gasteiger partial charge in [0, 0.05) is 0 Å². The zero-order valence-corrected chi connectivity index (χ0v) is 18.7. The van der Waals surface area contributed by atoms with Gasteiger partial charge in [-0.25, -0.2) is 20.0 Å². The van der Waals surface area contributed by atoms with Crippen LogP contribution in [-0.4, -0.2) is 54.3 Å². The van der Waals surface area contributed by atoms with Gasteiger partial charge in [-0.15, -0.1) is 0 Å². The van der Waals surface area contributed by atoms with Crippen molar-refractivity contribution in [3.63, 3.8) is 0 Å². The molecule has 31 heavy (non-hydrogen) atoms. The summed E-state index contributed by atoms with van der Waals surface area (Å²) in [5.74, 6) is -0.888. The number of nitrogens with zero attached hydrogens (tertiary/aromatic N) is 5. The second kappa shape index (κ2) is 9.29. The molecule has 0 spiro atoms. The second-order valence-electron chi connectivity index (χ2n) is 8.10. The number of nitrogens with two attached hydrogens (primary N) is 1. The largest absolute Gasteiger partial charge is 0.480 e. The number of carbonyl (C=O) groups is 1. The highest BCUT2D eigenvalue weighted by Crippen LogP contribution is 2.45. The molecule has 1 aliphatic rings. The smallest absolute Gasteiger partial charge is 0.365 e. The fraction of sp³-hybridized carbons (Fsp3) is 0.611. The summed E-state index contributed by atoms with van der Waals surface area (Å²) < 4.78 is 26.2. The van der Waals surface area contributed by atoms with E-state index in [1.54, 1.807) is 17.8 Å². The predicted molar refractivity (Wildman–Crippen MR) is 115 cm³/mol. The number of aliphatic carboxylic acids is 1. The summed E-state index contributed by atoms with van der Waals surface area (Å²) in [6.45, 7) is 4.94. The number of nitrogen functional groups attached to an aromatic ring is 1. The molecular weight excluding hydrogens is 425 g/mol. The maximum absolute atomic E-state index is 13.4. The molecule has 0 aromatic carbocycles. The number of carboxylic acid groups (broad SMARTS) is 1. The summed E-state index contributed by atoms with van der Waals surface area (Å²) in [5, 5.41) is 16.0. The average Bonchev–Trinajstić information content (AvgIpc) is 3.36. The predicted octanol–water partition coefficient (Wildman–Crippen LogP) is 2.36. The molecule has 1 unspecified atom stereocenters. The molecule has 1 aliphatic carbocycles. The van der Waals surface area contributed by atoms with Crippen LogP contribution in [0.3, 0.4) is 0 Å². The number of nitrogens with one attached hydrogen (secondary N) is 1. The Balaban J connectivity index is 1.69. The minimum Gasteiger partial charge on any atom is -0.480 e. The molecule has 1 saturated carbocycles. The topological polar surface area (TPSA) is 167 Å². The first-order valence-electron chi connectivity index (χ1n) is 9.99.